The molecular formula is C27H35FN6O2. The minimum absolute atomic E-state index is 0.0187. The van der Waals surface area contributed by atoms with E-state index in [0.717, 1.165) is 36.2 Å². The van der Waals surface area contributed by atoms with Crippen LogP contribution in [0, 0.1) is 17.1 Å². The highest BCUT2D eigenvalue weighted by Gasteiger charge is 2.37. The lowest BCUT2D eigenvalue weighted by Gasteiger charge is -2.49. The molecule has 1 fully saturated rings. The quantitative estimate of drug-likeness (QED) is 0.536. The van der Waals surface area contributed by atoms with Crippen LogP contribution in [0.5, 0.6) is 0 Å². The molecule has 1 aliphatic heterocycles. The number of hydrogen-bond acceptors (Lipinski definition) is 6. The van der Waals surface area contributed by atoms with Gasteiger partial charge in [-0.3, -0.25) is 14.4 Å². The van der Waals surface area contributed by atoms with Crippen molar-refractivity contribution in [1.29, 1.82) is 5.26 Å². The van der Waals surface area contributed by atoms with Gasteiger partial charge in [0, 0.05) is 44.3 Å². The number of benzene rings is 1. The second-order valence-electron chi connectivity index (χ2n) is 9.74. The van der Waals surface area contributed by atoms with Crippen molar-refractivity contribution in [1.82, 2.24) is 19.2 Å². The number of rotatable bonds is 7. The van der Waals surface area contributed by atoms with Gasteiger partial charge in [0.15, 0.2) is 0 Å². The standard InChI is InChI=1S/C27H35FN6O2/c1-6-20-15-34(24-13-26(36)31(5)25-16-32(11-10-29)30-27(24)25)21(7-2)14-33(20)17(3)22-9-8-19(28)12-23(22)18(4)35/h8-9,12-13,16-18,20-21,35H,6-7,11,14-15H2,1-5H3/t17?,18?,20-,21+/m1/s1. The van der Waals surface area contributed by atoms with Crippen molar-refractivity contribution in [2.75, 3.05) is 18.0 Å². The largest absolute Gasteiger partial charge is 0.389 e. The van der Waals surface area contributed by atoms with Crippen molar-refractivity contribution in [2.24, 2.45) is 7.05 Å². The Morgan fingerprint density at radius 1 is 1.17 bits per heavy atom. The SMILES string of the molecule is CC[C@H]1CN(C(C)c2ccc(F)cc2C(C)O)[C@H](CC)CN1c1cc(=O)n(C)c2cn(CC#N)nc12. The van der Waals surface area contributed by atoms with Crippen molar-refractivity contribution in [3.8, 4) is 6.07 Å². The molecule has 0 spiro atoms. The molecule has 8 nitrogen and oxygen atoms in total. The van der Waals surface area contributed by atoms with Gasteiger partial charge in [0.25, 0.3) is 5.56 Å². The van der Waals surface area contributed by atoms with Crippen LogP contribution in [0.1, 0.15) is 63.8 Å². The maximum atomic E-state index is 14.0. The van der Waals surface area contributed by atoms with E-state index in [1.807, 2.05) is 0 Å². The van der Waals surface area contributed by atoms with E-state index in [4.69, 9.17) is 5.26 Å². The van der Waals surface area contributed by atoms with Gasteiger partial charge in [-0.15, -0.1) is 0 Å². The Morgan fingerprint density at radius 3 is 2.53 bits per heavy atom. The van der Waals surface area contributed by atoms with Crippen LogP contribution in [-0.2, 0) is 13.6 Å². The topological polar surface area (TPSA) is 90.3 Å². The molecule has 0 saturated carbocycles. The van der Waals surface area contributed by atoms with Crippen molar-refractivity contribution in [3.63, 3.8) is 0 Å². The maximum Gasteiger partial charge on any atom is 0.252 e. The van der Waals surface area contributed by atoms with Crippen LogP contribution >= 0.6 is 0 Å². The molecule has 0 aliphatic carbocycles. The molecule has 3 aromatic rings. The van der Waals surface area contributed by atoms with Gasteiger partial charge >= 0.3 is 0 Å². The number of nitriles is 1. The molecule has 36 heavy (non-hydrogen) atoms. The number of piperazine rings is 1. The normalized spacial score (nSPS) is 20.4. The number of fused-ring (bicyclic) bond motifs is 1. The lowest BCUT2D eigenvalue weighted by Crippen LogP contribution is -2.59. The van der Waals surface area contributed by atoms with E-state index in [-0.39, 0.29) is 36.0 Å². The van der Waals surface area contributed by atoms with Crippen molar-refractivity contribution in [3.05, 3.63) is 57.8 Å². The number of aromatic nitrogens is 3. The Morgan fingerprint density at radius 2 is 1.89 bits per heavy atom. The predicted octanol–water partition coefficient (Wildman–Crippen LogP) is 3.89. The van der Waals surface area contributed by atoms with Gasteiger partial charge in [0.1, 0.15) is 17.9 Å². The fourth-order valence-corrected chi connectivity index (χ4v) is 5.53. The number of aliphatic hydroxyl groups excluding tert-OH is 1. The highest BCUT2D eigenvalue weighted by atomic mass is 19.1. The zero-order valence-electron chi connectivity index (χ0n) is 21.6. The number of aliphatic hydroxyl groups is 1. The molecule has 1 saturated heterocycles. The minimum atomic E-state index is -0.765. The third kappa shape index (κ3) is 4.63. The number of nitrogens with zero attached hydrogens (tertiary/aromatic N) is 6. The first kappa shape index (κ1) is 25.9. The van der Waals surface area contributed by atoms with E-state index in [2.05, 4.69) is 41.7 Å². The van der Waals surface area contributed by atoms with Crippen LogP contribution in [-0.4, -0.2) is 49.5 Å². The highest BCUT2D eigenvalue weighted by Crippen LogP contribution is 2.36. The van der Waals surface area contributed by atoms with E-state index in [1.54, 1.807) is 41.5 Å². The predicted molar refractivity (Wildman–Crippen MR) is 138 cm³/mol. The zero-order valence-corrected chi connectivity index (χ0v) is 21.6. The van der Waals surface area contributed by atoms with E-state index < -0.39 is 6.10 Å². The first-order valence-corrected chi connectivity index (χ1v) is 12.6. The summed E-state index contributed by atoms with van der Waals surface area (Å²) < 4.78 is 17.1. The number of pyridine rings is 1. The van der Waals surface area contributed by atoms with Gasteiger partial charge in [-0.25, -0.2) is 4.39 Å². The van der Waals surface area contributed by atoms with Gasteiger partial charge in [0.2, 0.25) is 0 Å². The van der Waals surface area contributed by atoms with Crippen molar-refractivity contribution >= 4 is 16.7 Å². The van der Waals surface area contributed by atoms with Gasteiger partial charge in [-0.2, -0.15) is 10.4 Å². The monoisotopic (exact) mass is 494 g/mol. The third-order valence-electron chi connectivity index (χ3n) is 7.61. The van der Waals surface area contributed by atoms with Gasteiger partial charge < -0.3 is 14.6 Å². The van der Waals surface area contributed by atoms with Gasteiger partial charge in [-0.1, -0.05) is 19.9 Å². The summed E-state index contributed by atoms with van der Waals surface area (Å²) in [5, 5.41) is 24.1. The Balaban J connectivity index is 1.74. The van der Waals surface area contributed by atoms with Crippen LogP contribution in [0.2, 0.25) is 0 Å². The minimum Gasteiger partial charge on any atom is -0.389 e. The van der Waals surface area contributed by atoms with E-state index in [0.29, 0.717) is 17.6 Å². The lowest BCUT2D eigenvalue weighted by atomic mass is 9.92. The molecule has 0 radical (unpaired) electrons. The average molecular weight is 495 g/mol. The molecule has 0 bridgehead atoms. The van der Waals surface area contributed by atoms with E-state index >= 15 is 0 Å². The van der Waals surface area contributed by atoms with Crippen LogP contribution in [0.3, 0.4) is 0 Å². The fraction of sp³-hybridized carbons (Fsp3) is 0.519. The third-order valence-corrected chi connectivity index (χ3v) is 7.61. The molecule has 9 heteroatoms. The molecule has 2 unspecified atom stereocenters. The first-order chi connectivity index (χ1) is 17.2. The molecule has 3 heterocycles. The van der Waals surface area contributed by atoms with Gasteiger partial charge in [-0.05, 0) is 49.9 Å². The first-order valence-electron chi connectivity index (χ1n) is 12.6. The Bertz CT molecular complexity index is 1340. The fourth-order valence-electron chi connectivity index (χ4n) is 5.53. The lowest BCUT2D eigenvalue weighted by molar-refractivity contribution is 0.0986. The number of anilines is 1. The average Bonchev–Trinajstić information content (AvgIpc) is 3.29. The summed E-state index contributed by atoms with van der Waals surface area (Å²) in [7, 11) is 1.72. The second kappa shape index (κ2) is 10.4. The molecule has 1 aliphatic rings. The number of aryl methyl sites for hydroxylation is 1. The highest BCUT2D eigenvalue weighted by molar-refractivity contribution is 5.88. The molecule has 1 aromatic carbocycles. The van der Waals surface area contributed by atoms with Gasteiger partial charge in [0.05, 0.1) is 29.6 Å². The van der Waals surface area contributed by atoms with E-state index in [1.165, 1.54) is 12.1 Å². The second-order valence-corrected chi connectivity index (χ2v) is 9.74. The van der Waals surface area contributed by atoms with Crippen LogP contribution in [0.4, 0.5) is 10.1 Å². The van der Waals surface area contributed by atoms with Crippen molar-refractivity contribution in [2.45, 2.75) is 71.3 Å². The van der Waals surface area contributed by atoms with Crippen LogP contribution < -0.4 is 10.5 Å². The Hall–Kier alpha value is -3.22. The molecule has 1 N–H and O–H groups in total. The number of hydrogen-bond donors (Lipinski definition) is 1. The Labute approximate surface area is 211 Å². The molecule has 4 atom stereocenters. The van der Waals surface area contributed by atoms with Crippen molar-refractivity contribution < 1.29 is 9.50 Å². The zero-order chi connectivity index (χ0) is 26.1. The smallest absolute Gasteiger partial charge is 0.252 e. The molecule has 0 amide bonds. The van der Waals surface area contributed by atoms with Crippen LogP contribution in [0.25, 0.3) is 11.0 Å². The molecule has 4 rings (SSSR count). The maximum absolute atomic E-state index is 14.0. The summed E-state index contributed by atoms with van der Waals surface area (Å²) in [5.41, 5.74) is 3.66. The van der Waals surface area contributed by atoms with E-state index in [9.17, 15) is 14.3 Å². The number of halogens is 1. The Kier molecular flexibility index (Phi) is 7.48. The van der Waals surface area contributed by atoms with Crippen LogP contribution in [0.15, 0.2) is 35.3 Å². The molecule has 192 valence electrons. The summed E-state index contributed by atoms with van der Waals surface area (Å²) in [6, 6.07) is 8.73. The molecular weight excluding hydrogens is 459 g/mol. The summed E-state index contributed by atoms with van der Waals surface area (Å²) in [6.45, 7) is 9.65. The molecule has 2 aromatic heterocycles. The summed E-state index contributed by atoms with van der Waals surface area (Å²) in [5.74, 6) is -0.351. The summed E-state index contributed by atoms with van der Waals surface area (Å²) in [6.07, 6.45) is 2.74. The summed E-state index contributed by atoms with van der Waals surface area (Å²) in [4.78, 5) is 17.6. The summed E-state index contributed by atoms with van der Waals surface area (Å²) >= 11 is 0.